The van der Waals surface area contributed by atoms with E-state index in [0.29, 0.717) is 12.3 Å². The summed E-state index contributed by atoms with van der Waals surface area (Å²) in [7, 11) is 0. The molecule has 4 rings (SSSR count). The zero-order chi connectivity index (χ0) is 17.2. The van der Waals surface area contributed by atoms with Gasteiger partial charge in [-0.1, -0.05) is 35.2 Å². The number of hydrogen-bond acceptors (Lipinski definition) is 7. The first kappa shape index (κ1) is 16.4. The molecule has 0 fully saturated rings. The quantitative estimate of drug-likeness (QED) is 0.375. The minimum atomic E-state index is 0.0369. The summed E-state index contributed by atoms with van der Waals surface area (Å²) in [4.78, 5) is 27.6. The van der Waals surface area contributed by atoms with Gasteiger partial charge in [-0.15, -0.1) is 11.3 Å². The van der Waals surface area contributed by atoms with Crippen LogP contribution in [0.1, 0.15) is 6.92 Å². The predicted molar refractivity (Wildman–Crippen MR) is 106 cm³/mol. The van der Waals surface area contributed by atoms with Gasteiger partial charge in [0, 0.05) is 6.54 Å². The zero-order valence-corrected chi connectivity index (χ0v) is 15.8. The summed E-state index contributed by atoms with van der Waals surface area (Å²) in [6, 6.07) is 9.91. The van der Waals surface area contributed by atoms with E-state index < -0.39 is 0 Å². The lowest BCUT2D eigenvalue weighted by molar-refractivity contribution is -0.116. The van der Waals surface area contributed by atoms with Crippen LogP contribution in [0.4, 0.5) is 5.13 Å². The van der Waals surface area contributed by atoms with Gasteiger partial charge in [0.1, 0.15) is 11.4 Å². The van der Waals surface area contributed by atoms with Crippen LogP contribution in [0.5, 0.6) is 0 Å². The number of para-hydroxylation sites is 1. The fraction of sp³-hybridized carbons (Fsp3) is 0.176. The molecule has 8 heteroatoms. The smallest absolute Gasteiger partial charge is 0.239 e. The molecule has 0 radical (unpaired) electrons. The summed E-state index contributed by atoms with van der Waals surface area (Å²) in [6.07, 6.45) is 1.55. The monoisotopic (exact) mass is 386 g/mol. The van der Waals surface area contributed by atoms with Crippen molar-refractivity contribution in [2.75, 3.05) is 17.2 Å². The number of benzene rings is 1. The van der Waals surface area contributed by atoms with Gasteiger partial charge in [-0.05, 0) is 30.5 Å². The van der Waals surface area contributed by atoms with E-state index in [2.05, 4.69) is 15.0 Å². The SMILES string of the molecule is CCN(C(=O)CSc1ncnc2ccsc12)c1nc2ccccc2s1. The number of thiazole rings is 1. The maximum Gasteiger partial charge on any atom is 0.239 e. The number of carbonyl (C=O) groups is 1. The van der Waals surface area contributed by atoms with Crippen molar-refractivity contribution in [3.8, 4) is 0 Å². The summed E-state index contributed by atoms with van der Waals surface area (Å²) in [5.41, 5.74) is 1.85. The minimum absolute atomic E-state index is 0.0369. The van der Waals surface area contributed by atoms with Gasteiger partial charge in [0.2, 0.25) is 5.91 Å². The van der Waals surface area contributed by atoms with Crippen LogP contribution in [0.2, 0.25) is 0 Å². The number of rotatable bonds is 5. The highest BCUT2D eigenvalue weighted by Crippen LogP contribution is 2.31. The van der Waals surface area contributed by atoms with E-state index in [1.54, 1.807) is 33.9 Å². The largest absolute Gasteiger partial charge is 0.288 e. The van der Waals surface area contributed by atoms with Gasteiger partial charge in [0.25, 0.3) is 0 Å². The summed E-state index contributed by atoms with van der Waals surface area (Å²) in [5, 5.41) is 3.59. The molecule has 1 aromatic carbocycles. The molecule has 0 saturated carbocycles. The van der Waals surface area contributed by atoms with Gasteiger partial charge >= 0.3 is 0 Å². The highest BCUT2D eigenvalue weighted by Gasteiger charge is 2.19. The molecular formula is C17H14N4OS3. The summed E-state index contributed by atoms with van der Waals surface area (Å²) < 4.78 is 2.12. The van der Waals surface area contributed by atoms with Crippen molar-refractivity contribution in [2.45, 2.75) is 11.9 Å². The third-order valence-corrected chi connectivity index (χ3v) is 6.75. The minimum Gasteiger partial charge on any atom is -0.288 e. The molecule has 25 heavy (non-hydrogen) atoms. The van der Waals surface area contributed by atoms with Gasteiger partial charge in [0.05, 0.1) is 26.2 Å². The van der Waals surface area contributed by atoms with Crippen molar-refractivity contribution < 1.29 is 4.79 Å². The average molecular weight is 387 g/mol. The van der Waals surface area contributed by atoms with Crippen molar-refractivity contribution in [3.05, 3.63) is 42.0 Å². The lowest BCUT2D eigenvalue weighted by atomic mass is 10.3. The van der Waals surface area contributed by atoms with Crippen molar-refractivity contribution in [2.24, 2.45) is 0 Å². The van der Waals surface area contributed by atoms with E-state index in [1.165, 1.54) is 11.8 Å². The van der Waals surface area contributed by atoms with Crippen molar-refractivity contribution >= 4 is 65.9 Å². The van der Waals surface area contributed by atoms with Crippen molar-refractivity contribution in [1.29, 1.82) is 0 Å². The van der Waals surface area contributed by atoms with E-state index in [4.69, 9.17) is 0 Å². The second-order valence-electron chi connectivity index (χ2n) is 5.20. The molecule has 0 aliphatic carbocycles. The van der Waals surface area contributed by atoms with E-state index in [-0.39, 0.29) is 5.91 Å². The molecule has 0 atom stereocenters. The van der Waals surface area contributed by atoms with Gasteiger partial charge in [-0.3, -0.25) is 9.69 Å². The molecule has 0 bridgehead atoms. The van der Waals surface area contributed by atoms with Gasteiger partial charge in [-0.25, -0.2) is 15.0 Å². The second-order valence-corrected chi connectivity index (χ2v) is 8.09. The molecule has 3 aromatic heterocycles. The van der Waals surface area contributed by atoms with Crippen LogP contribution in [0.15, 0.2) is 47.1 Å². The molecule has 0 N–H and O–H groups in total. The Bertz CT molecular complexity index is 1010. The third-order valence-electron chi connectivity index (χ3n) is 3.67. The van der Waals surface area contributed by atoms with Gasteiger partial charge in [-0.2, -0.15) is 0 Å². The van der Waals surface area contributed by atoms with Crippen LogP contribution >= 0.6 is 34.4 Å². The van der Waals surface area contributed by atoms with Crippen LogP contribution in [-0.4, -0.2) is 33.2 Å². The molecule has 1 amide bonds. The molecule has 0 aliphatic rings. The Morgan fingerprint density at radius 2 is 2.08 bits per heavy atom. The number of thiophene rings is 1. The Kier molecular flexibility index (Phi) is 4.65. The van der Waals surface area contributed by atoms with Crippen LogP contribution < -0.4 is 4.90 Å². The Morgan fingerprint density at radius 3 is 2.92 bits per heavy atom. The van der Waals surface area contributed by atoms with Gasteiger partial charge < -0.3 is 0 Å². The van der Waals surface area contributed by atoms with E-state index in [9.17, 15) is 4.79 Å². The van der Waals surface area contributed by atoms with Crippen LogP contribution in [-0.2, 0) is 4.79 Å². The highest BCUT2D eigenvalue weighted by atomic mass is 32.2. The number of anilines is 1. The number of amides is 1. The van der Waals surface area contributed by atoms with Crippen LogP contribution in [0, 0.1) is 0 Å². The van der Waals surface area contributed by atoms with E-state index in [0.717, 1.165) is 30.6 Å². The maximum atomic E-state index is 12.7. The Hall–Kier alpha value is -2.03. The van der Waals surface area contributed by atoms with E-state index in [1.807, 2.05) is 42.6 Å². The normalized spacial score (nSPS) is 11.2. The molecule has 0 unspecified atom stereocenters. The Balaban J connectivity index is 1.53. The van der Waals surface area contributed by atoms with Gasteiger partial charge in [0.15, 0.2) is 5.13 Å². The highest BCUT2D eigenvalue weighted by molar-refractivity contribution is 8.00. The van der Waals surface area contributed by atoms with Crippen molar-refractivity contribution in [1.82, 2.24) is 15.0 Å². The lowest BCUT2D eigenvalue weighted by Gasteiger charge is -2.17. The number of thioether (sulfide) groups is 1. The van der Waals surface area contributed by atoms with Crippen LogP contribution in [0.3, 0.4) is 0 Å². The lowest BCUT2D eigenvalue weighted by Crippen LogP contribution is -2.32. The Labute approximate surface area is 156 Å². The first-order valence-corrected chi connectivity index (χ1v) is 10.4. The molecular weight excluding hydrogens is 372 g/mol. The third kappa shape index (κ3) is 3.24. The molecule has 5 nitrogen and oxygen atoms in total. The fourth-order valence-electron chi connectivity index (χ4n) is 2.47. The number of aromatic nitrogens is 3. The zero-order valence-electron chi connectivity index (χ0n) is 13.4. The number of hydrogen-bond donors (Lipinski definition) is 0. The topological polar surface area (TPSA) is 59.0 Å². The average Bonchev–Trinajstić information content (AvgIpc) is 3.27. The molecule has 4 aromatic rings. The molecule has 0 aliphatic heterocycles. The van der Waals surface area contributed by atoms with E-state index >= 15 is 0 Å². The maximum absolute atomic E-state index is 12.7. The standard InChI is InChI=1S/C17H14N4OS3/c1-2-21(17-20-11-5-3-4-6-13(11)25-17)14(22)9-24-16-15-12(7-8-23-15)18-10-19-16/h3-8,10H,2,9H2,1H3. The predicted octanol–water partition coefficient (Wildman–Crippen LogP) is 4.45. The summed E-state index contributed by atoms with van der Waals surface area (Å²) in [5.74, 6) is 0.364. The summed E-state index contributed by atoms with van der Waals surface area (Å²) in [6.45, 7) is 2.56. The first-order chi connectivity index (χ1) is 12.3. The van der Waals surface area contributed by atoms with Crippen molar-refractivity contribution in [3.63, 3.8) is 0 Å². The molecule has 126 valence electrons. The molecule has 3 heterocycles. The number of fused-ring (bicyclic) bond motifs is 2. The Morgan fingerprint density at radius 1 is 1.20 bits per heavy atom. The molecule has 0 spiro atoms. The van der Waals surface area contributed by atoms with Crippen LogP contribution in [0.25, 0.3) is 20.4 Å². The number of carbonyl (C=O) groups excluding carboxylic acids is 1. The second kappa shape index (κ2) is 7.07. The first-order valence-electron chi connectivity index (χ1n) is 7.73. The summed E-state index contributed by atoms with van der Waals surface area (Å²) >= 11 is 4.60. The molecule has 0 saturated heterocycles. The fourth-order valence-corrected chi connectivity index (χ4v) is 5.34. The number of nitrogens with zero attached hydrogens (tertiary/aromatic N) is 4.